The van der Waals surface area contributed by atoms with Crippen LogP contribution in [0.5, 0.6) is 0 Å². The summed E-state index contributed by atoms with van der Waals surface area (Å²) < 4.78 is 0. The Bertz CT molecular complexity index is 697. The molecule has 2 aromatic heterocycles. The van der Waals surface area contributed by atoms with E-state index >= 15 is 0 Å². The van der Waals surface area contributed by atoms with Crippen molar-refractivity contribution >= 4 is 47.0 Å². The summed E-state index contributed by atoms with van der Waals surface area (Å²) in [6, 6.07) is 0. The van der Waals surface area contributed by atoms with Gasteiger partial charge in [-0.05, 0) is 13.3 Å². The Morgan fingerprint density at radius 3 is 2.20 bits per heavy atom. The molecule has 0 fully saturated rings. The fourth-order valence-electron chi connectivity index (χ4n) is 2.34. The minimum absolute atomic E-state index is 0. The van der Waals surface area contributed by atoms with Crippen LogP contribution in [0, 0.1) is 0 Å². The minimum Gasteiger partial charge on any atom is -0.392 e. The van der Waals surface area contributed by atoms with Gasteiger partial charge in [0.25, 0.3) is 0 Å². The van der Waals surface area contributed by atoms with Crippen molar-refractivity contribution in [2.45, 2.75) is 26.4 Å². The number of nitrogens with one attached hydrogen (secondary N) is 3. The van der Waals surface area contributed by atoms with Gasteiger partial charge in [0, 0.05) is 34.2 Å². The first-order chi connectivity index (χ1) is 11.5. The van der Waals surface area contributed by atoms with Crippen molar-refractivity contribution in [3.63, 3.8) is 0 Å². The summed E-state index contributed by atoms with van der Waals surface area (Å²) in [6.45, 7) is 5.05. The highest BCUT2D eigenvalue weighted by molar-refractivity contribution is 5.94. The van der Waals surface area contributed by atoms with Crippen molar-refractivity contribution in [3.05, 3.63) is 0 Å². The second-order valence-electron chi connectivity index (χ2n) is 5.62. The number of aliphatic hydroxyl groups is 1. The Balaban J connectivity index is 0.00000312. The molecule has 2 rings (SSSR count). The molecular formula is C15H27ClN8O. The molecule has 1 unspecified atom stereocenters. The van der Waals surface area contributed by atoms with Gasteiger partial charge in [-0.2, -0.15) is 9.97 Å². The van der Waals surface area contributed by atoms with E-state index in [2.05, 4.69) is 42.8 Å². The molecule has 2 aromatic rings. The van der Waals surface area contributed by atoms with Gasteiger partial charge in [-0.1, -0.05) is 6.92 Å². The molecule has 0 aliphatic rings. The molecule has 0 aliphatic heterocycles. The number of rotatable bonds is 8. The van der Waals surface area contributed by atoms with E-state index in [-0.39, 0.29) is 12.4 Å². The first kappa shape index (κ1) is 20.9. The number of aliphatic hydroxyl groups excluding tert-OH is 1. The topological polar surface area (TPSA) is 111 Å². The minimum atomic E-state index is -0.485. The fourth-order valence-corrected chi connectivity index (χ4v) is 2.34. The van der Waals surface area contributed by atoms with Crippen molar-refractivity contribution < 1.29 is 5.11 Å². The quantitative estimate of drug-likeness (QED) is 0.550. The highest BCUT2D eigenvalue weighted by atomic mass is 35.5. The van der Waals surface area contributed by atoms with E-state index in [9.17, 15) is 5.11 Å². The fraction of sp³-hybridized carbons (Fsp3) is 0.600. The molecule has 10 heteroatoms. The predicted molar refractivity (Wildman–Crippen MR) is 105 cm³/mol. The van der Waals surface area contributed by atoms with E-state index in [1.54, 1.807) is 21.0 Å². The van der Waals surface area contributed by atoms with Crippen LogP contribution in [0.2, 0.25) is 0 Å². The van der Waals surface area contributed by atoms with Crippen LogP contribution in [0.25, 0.3) is 11.0 Å². The van der Waals surface area contributed by atoms with Gasteiger partial charge in [0.1, 0.15) is 11.0 Å². The maximum absolute atomic E-state index is 9.70. The molecule has 140 valence electrons. The van der Waals surface area contributed by atoms with Crippen LogP contribution in [-0.4, -0.2) is 65.4 Å². The number of hydrogen-bond acceptors (Lipinski definition) is 9. The number of anilines is 4. The average Bonchev–Trinajstić information content (AvgIpc) is 2.57. The lowest BCUT2D eigenvalue weighted by molar-refractivity contribution is 0.201. The summed E-state index contributed by atoms with van der Waals surface area (Å²) in [4.78, 5) is 19.9. The number of likely N-dealkylation sites (N-methyl/N-ethyl adjacent to an activating group) is 1. The molecule has 2 heterocycles. The van der Waals surface area contributed by atoms with E-state index in [1.165, 1.54) is 0 Å². The van der Waals surface area contributed by atoms with Gasteiger partial charge in [0.05, 0.1) is 6.10 Å². The van der Waals surface area contributed by atoms with Crippen LogP contribution < -0.4 is 20.9 Å². The third kappa shape index (κ3) is 4.93. The number of hydrogen-bond donors (Lipinski definition) is 4. The smallest absolute Gasteiger partial charge is 0.225 e. The Morgan fingerprint density at radius 2 is 1.64 bits per heavy atom. The molecule has 0 radical (unpaired) electrons. The maximum atomic E-state index is 9.70. The van der Waals surface area contributed by atoms with E-state index in [0.29, 0.717) is 41.1 Å². The van der Waals surface area contributed by atoms with Crippen LogP contribution >= 0.6 is 12.4 Å². The van der Waals surface area contributed by atoms with Crippen molar-refractivity contribution in [2.24, 2.45) is 0 Å². The molecule has 0 aliphatic carbocycles. The Morgan fingerprint density at radius 1 is 1.04 bits per heavy atom. The third-order valence-electron chi connectivity index (χ3n) is 3.41. The van der Waals surface area contributed by atoms with E-state index in [1.807, 2.05) is 11.9 Å². The molecule has 0 bridgehead atoms. The number of aromatic nitrogens is 4. The monoisotopic (exact) mass is 370 g/mol. The van der Waals surface area contributed by atoms with Gasteiger partial charge in [-0.25, -0.2) is 9.97 Å². The van der Waals surface area contributed by atoms with Crippen molar-refractivity contribution in [3.8, 4) is 0 Å². The van der Waals surface area contributed by atoms with E-state index in [0.717, 1.165) is 13.0 Å². The molecule has 9 nitrogen and oxygen atoms in total. The predicted octanol–water partition coefficient (Wildman–Crippen LogP) is 1.56. The van der Waals surface area contributed by atoms with Crippen LogP contribution in [0.3, 0.4) is 0 Å². The lowest BCUT2D eigenvalue weighted by atomic mass is 10.3. The standard InChI is InChI=1S/C15H26N8O.ClH/c1-6-7-18-12-10-11(20-14(16-3)21-12)13(22-15(17-4)19-10)23(5)8-9(2)24;/h9,24H,6-8H2,1-5H3,(H,17,19,22)(H2,16,18,20,21);1H. The summed E-state index contributed by atoms with van der Waals surface area (Å²) in [5.41, 5.74) is 1.28. The van der Waals surface area contributed by atoms with Crippen molar-refractivity contribution in [1.29, 1.82) is 0 Å². The molecule has 0 saturated carbocycles. The second kappa shape index (κ2) is 9.38. The Labute approximate surface area is 154 Å². The summed E-state index contributed by atoms with van der Waals surface area (Å²) in [5, 5.41) is 18.9. The third-order valence-corrected chi connectivity index (χ3v) is 3.41. The number of fused-ring (bicyclic) bond motifs is 1. The summed E-state index contributed by atoms with van der Waals surface area (Å²) in [7, 11) is 5.41. The van der Waals surface area contributed by atoms with Gasteiger partial charge in [-0.3, -0.25) is 0 Å². The van der Waals surface area contributed by atoms with Crippen molar-refractivity contribution in [2.75, 3.05) is 55.1 Å². The van der Waals surface area contributed by atoms with Crippen LogP contribution in [0.15, 0.2) is 0 Å². The summed E-state index contributed by atoms with van der Waals surface area (Å²) in [5.74, 6) is 2.28. The van der Waals surface area contributed by atoms with Crippen LogP contribution in [0.4, 0.5) is 23.5 Å². The molecule has 0 amide bonds. The zero-order valence-corrected chi connectivity index (χ0v) is 16.1. The molecule has 0 saturated heterocycles. The highest BCUT2D eigenvalue weighted by Crippen LogP contribution is 2.28. The van der Waals surface area contributed by atoms with Gasteiger partial charge in [0.15, 0.2) is 11.6 Å². The zero-order chi connectivity index (χ0) is 17.7. The van der Waals surface area contributed by atoms with Crippen LogP contribution in [-0.2, 0) is 0 Å². The SMILES string of the molecule is CCCNc1nc(NC)nc2c(N(C)CC(C)O)nc(NC)nc12.Cl. The van der Waals surface area contributed by atoms with Crippen molar-refractivity contribution in [1.82, 2.24) is 19.9 Å². The van der Waals surface area contributed by atoms with Gasteiger partial charge < -0.3 is 26.0 Å². The molecular weight excluding hydrogens is 344 g/mol. The van der Waals surface area contributed by atoms with Gasteiger partial charge in [0.2, 0.25) is 11.9 Å². The number of nitrogens with zero attached hydrogens (tertiary/aromatic N) is 5. The number of halogens is 1. The lowest BCUT2D eigenvalue weighted by Crippen LogP contribution is -2.28. The molecule has 0 aromatic carbocycles. The highest BCUT2D eigenvalue weighted by Gasteiger charge is 2.18. The lowest BCUT2D eigenvalue weighted by Gasteiger charge is -2.22. The largest absolute Gasteiger partial charge is 0.392 e. The van der Waals surface area contributed by atoms with Gasteiger partial charge in [-0.15, -0.1) is 12.4 Å². The average molecular weight is 371 g/mol. The van der Waals surface area contributed by atoms with Gasteiger partial charge >= 0.3 is 0 Å². The van der Waals surface area contributed by atoms with E-state index < -0.39 is 6.10 Å². The first-order valence-electron chi connectivity index (χ1n) is 8.08. The zero-order valence-electron chi connectivity index (χ0n) is 15.3. The molecule has 4 N–H and O–H groups in total. The van der Waals surface area contributed by atoms with Crippen LogP contribution in [0.1, 0.15) is 20.3 Å². The first-order valence-corrected chi connectivity index (χ1v) is 8.08. The molecule has 25 heavy (non-hydrogen) atoms. The maximum Gasteiger partial charge on any atom is 0.225 e. The summed E-state index contributed by atoms with van der Waals surface area (Å²) in [6.07, 6.45) is 0.487. The Hall–Kier alpha value is -2.13. The summed E-state index contributed by atoms with van der Waals surface area (Å²) >= 11 is 0. The Kier molecular flexibility index (Phi) is 7.85. The molecule has 1 atom stereocenters. The van der Waals surface area contributed by atoms with E-state index in [4.69, 9.17) is 0 Å². The molecule has 0 spiro atoms. The second-order valence-corrected chi connectivity index (χ2v) is 5.62. The normalized spacial score (nSPS) is 11.6.